The van der Waals surface area contributed by atoms with Crippen molar-refractivity contribution in [2.45, 2.75) is 0 Å². The fraction of sp³-hybridized carbons (Fsp3) is 0.143. The van der Waals surface area contributed by atoms with Crippen molar-refractivity contribution in [3.8, 4) is 5.75 Å². The van der Waals surface area contributed by atoms with Crippen LogP contribution in [0.25, 0.3) is 10.2 Å². The van der Waals surface area contributed by atoms with Gasteiger partial charge in [0, 0.05) is 24.9 Å². The SMILES string of the molecule is COc1c(F)cc(N(C)c2nc(Cl)nc3ccsc23)cc1F. The number of methoxy groups -OCH3 is 1. The molecule has 0 saturated carbocycles. The van der Waals surface area contributed by atoms with E-state index < -0.39 is 17.4 Å². The number of benzene rings is 1. The lowest BCUT2D eigenvalue weighted by Crippen LogP contribution is -2.13. The van der Waals surface area contributed by atoms with E-state index in [9.17, 15) is 8.78 Å². The van der Waals surface area contributed by atoms with E-state index in [-0.39, 0.29) is 5.28 Å². The Labute approximate surface area is 133 Å². The first-order valence-electron chi connectivity index (χ1n) is 6.18. The Bertz CT molecular complexity index is 832. The lowest BCUT2D eigenvalue weighted by Gasteiger charge is -2.20. The van der Waals surface area contributed by atoms with Gasteiger partial charge in [-0.25, -0.2) is 13.8 Å². The molecule has 8 heteroatoms. The van der Waals surface area contributed by atoms with Gasteiger partial charge in [-0.2, -0.15) is 4.98 Å². The molecule has 0 radical (unpaired) electrons. The van der Waals surface area contributed by atoms with E-state index in [1.54, 1.807) is 18.0 Å². The molecule has 22 heavy (non-hydrogen) atoms. The zero-order chi connectivity index (χ0) is 15.9. The number of nitrogens with zero attached hydrogens (tertiary/aromatic N) is 3. The average Bonchev–Trinajstić information content (AvgIpc) is 2.93. The molecule has 0 saturated heterocycles. The van der Waals surface area contributed by atoms with Gasteiger partial charge in [-0.15, -0.1) is 11.3 Å². The van der Waals surface area contributed by atoms with Gasteiger partial charge in [-0.1, -0.05) is 0 Å². The molecule has 0 amide bonds. The molecule has 0 spiro atoms. The fourth-order valence-electron chi connectivity index (χ4n) is 2.11. The minimum Gasteiger partial charge on any atom is -0.491 e. The predicted octanol–water partition coefficient (Wildman–Crippen LogP) is 4.40. The normalized spacial score (nSPS) is 11.0. The Balaban J connectivity index is 2.13. The van der Waals surface area contributed by atoms with Crippen LogP contribution in [-0.2, 0) is 0 Å². The smallest absolute Gasteiger partial charge is 0.224 e. The number of ether oxygens (including phenoxy) is 1. The summed E-state index contributed by atoms with van der Waals surface area (Å²) in [6.07, 6.45) is 0. The van der Waals surface area contributed by atoms with Gasteiger partial charge in [-0.05, 0) is 23.0 Å². The minimum atomic E-state index is -0.785. The Hall–Kier alpha value is -1.99. The summed E-state index contributed by atoms with van der Waals surface area (Å²) in [5, 5.41) is 1.92. The van der Waals surface area contributed by atoms with Crippen LogP contribution in [0.15, 0.2) is 23.6 Å². The maximum atomic E-state index is 13.9. The molecule has 0 aliphatic carbocycles. The molecule has 0 aliphatic heterocycles. The number of hydrogen-bond acceptors (Lipinski definition) is 5. The van der Waals surface area contributed by atoms with Crippen molar-refractivity contribution in [1.82, 2.24) is 9.97 Å². The molecule has 4 nitrogen and oxygen atoms in total. The molecule has 2 aromatic heterocycles. The Morgan fingerprint density at radius 1 is 1.23 bits per heavy atom. The molecule has 1 aromatic carbocycles. The second-order valence-electron chi connectivity index (χ2n) is 4.45. The van der Waals surface area contributed by atoms with Crippen LogP contribution < -0.4 is 9.64 Å². The van der Waals surface area contributed by atoms with Crippen LogP contribution in [0, 0.1) is 11.6 Å². The lowest BCUT2D eigenvalue weighted by molar-refractivity contribution is 0.360. The van der Waals surface area contributed by atoms with Crippen LogP contribution in [-0.4, -0.2) is 24.1 Å². The van der Waals surface area contributed by atoms with E-state index in [0.717, 1.165) is 4.70 Å². The first-order valence-corrected chi connectivity index (χ1v) is 7.44. The second kappa shape index (κ2) is 5.66. The quantitative estimate of drug-likeness (QED) is 0.662. The molecule has 3 aromatic rings. The van der Waals surface area contributed by atoms with E-state index in [1.807, 2.05) is 5.38 Å². The standard InChI is InChI=1S/C14H10ClF2N3OS/c1-20(7-5-8(16)11(21-2)9(17)6-7)13-12-10(3-4-22-12)18-14(15)19-13/h3-6H,1-2H3. The Morgan fingerprint density at radius 2 is 1.91 bits per heavy atom. The van der Waals surface area contributed by atoms with Gasteiger partial charge in [-0.3, -0.25) is 0 Å². The number of rotatable bonds is 3. The maximum Gasteiger partial charge on any atom is 0.224 e. The van der Waals surface area contributed by atoms with Crippen molar-refractivity contribution in [3.63, 3.8) is 0 Å². The van der Waals surface area contributed by atoms with Gasteiger partial charge >= 0.3 is 0 Å². The summed E-state index contributed by atoms with van der Waals surface area (Å²) in [6, 6.07) is 4.16. The average molecular weight is 342 g/mol. The number of aromatic nitrogens is 2. The highest BCUT2D eigenvalue weighted by molar-refractivity contribution is 7.17. The van der Waals surface area contributed by atoms with E-state index >= 15 is 0 Å². The van der Waals surface area contributed by atoms with Crippen LogP contribution >= 0.6 is 22.9 Å². The number of hydrogen-bond donors (Lipinski definition) is 0. The monoisotopic (exact) mass is 341 g/mol. The minimum absolute atomic E-state index is 0.0715. The van der Waals surface area contributed by atoms with Crippen LogP contribution in [0.1, 0.15) is 0 Å². The van der Waals surface area contributed by atoms with Gasteiger partial charge in [0.15, 0.2) is 23.2 Å². The summed E-state index contributed by atoms with van der Waals surface area (Å²) >= 11 is 7.33. The second-order valence-corrected chi connectivity index (χ2v) is 5.71. The van der Waals surface area contributed by atoms with Crippen LogP contribution in [0.4, 0.5) is 20.3 Å². The molecule has 114 valence electrons. The van der Waals surface area contributed by atoms with Gasteiger partial charge < -0.3 is 9.64 Å². The topological polar surface area (TPSA) is 38.2 Å². The lowest BCUT2D eigenvalue weighted by atomic mass is 10.2. The van der Waals surface area contributed by atoms with Gasteiger partial charge in [0.05, 0.1) is 17.3 Å². The summed E-state index contributed by atoms with van der Waals surface area (Å²) in [4.78, 5) is 9.82. The molecular weight excluding hydrogens is 332 g/mol. The Kier molecular flexibility index (Phi) is 3.84. The molecule has 3 rings (SSSR count). The highest BCUT2D eigenvalue weighted by Gasteiger charge is 2.18. The van der Waals surface area contributed by atoms with Crippen molar-refractivity contribution in [1.29, 1.82) is 0 Å². The Morgan fingerprint density at radius 3 is 2.55 bits per heavy atom. The highest BCUT2D eigenvalue weighted by atomic mass is 35.5. The molecule has 0 N–H and O–H groups in total. The number of anilines is 2. The van der Waals surface area contributed by atoms with E-state index in [2.05, 4.69) is 14.7 Å². The number of fused-ring (bicyclic) bond motifs is 1. The summed E-state index contributed by atoms with van der Waals surface area (Å²) in [5.41, 5.74) is 0.974. The molecular formula is C14H10ClF2N3OS. The zero-order valence-corrected chi connectivity index (χ0v) is 13.2. The summed E-state index contributed by atoms with van der Waals surface area (Å²) in [6.45, 7) is 0. The van der Waals surface area contributed by atoms with Crippen molar-refractivity contribution in [2.75, 3.05) is 19.1 Å². The van der Waals surface area contributed by atoms with Crippen molar-refractivity contribution < 1.29 is 13.5 Å². The number of thiophene rings is 1. The number of halogens is 3. The van der Waals surface area contributed by atoms with Gasteiger partial charge in [0.1, 0.15) is 0 Å². The molecule has 0 unspecified atom stereocenters. The van der Waals surface area contributed by atoms with E-state index in [4.69, 9.17) is 11.6 Å². The molecule has 0 aliphatic rings. The third-order valence-corrected chi connectivity index (χ3v) is 4.22. The highest BCUT2D eigenvalue weighted by Crippen LogP contribution is 2.35. The van der Waals surface area contributed by atoms with E-state index in [0.29, 0.717) is 17.0 Å². The summed E-state index contributed by atoms with van der Waals surface area (Å²) < 4.78 is 33.2. The molecule has 0 atom stereocenters. The summed E-state index contributed by atoms with van der Waals surface area (Å²) in [5.74, 6) is -1.51. The fourth-order valence-corrected chi connectivity index (χ4v) is 3.13. The maximum absolute atomic E-state index is 13.9. The molecule has 2 heterocycles. The van der Waals surface area contributed by atoms with Crippen LogP contribution in [0.2, 0.25) is 5.28 Å². The predicted molar refractivity (Wildman–Crippen MR) is 83.4 cm³/mol. The molecule has 0 fully saturated rings. The van der Waals surface area contributed by atoms with Crippen LogP contribution in [0.5, 0.6) is 5.75 Å². The third-order valence-electron chi connectivity index (χ3n) is 3.15. The molecule has 0 bridgehead atoms. The summed E-state index contributed by atoms with van der Waals surface area (Å²) in [7, 11) is 2.86. The first-order chi connectivity index (χ1) is 10.5. The van der Waals surface area contributed by atoms with Gasteiger partial charge in [0.25, 0.3) is 0 Å². The van der Waals surface area contributed by atoms with Crippen LogP contribution in [0.3, 0.4) is 0 Å². The van der Waals surface area contributed by atoms with Crippen molar-refractivity contribution >= 4 is 44.7 Å². The van der Waals surface area contributed by atoms with E-state index in [1.165, 1.54) is 30.6 Å². The first kappa shape index (κ1) is 14.9. The largest absolute Gasteiger partial charge is 0.491 e. The van der Waals surface area contributed by atoms with Gasteiger partial charge in [0.2, 0.25) is 5.28 Å². The van der Waals surface area contributed by atoms with Crippen molar-refractivity contribution in [2.24, 2.45) is 0 Å². The zero-order valence-electron chi connectivity index (χ0n) is 11.6. The third kappa shape index (κ3) is 2.46. The van der Waals surface area contributed by atoms with Crippen molar-refractivity contribution in [3.05, 3.63) is 40.5 Å².